The van der Waals surface area contributed by atoms with Crippen molar-refractivity contribution in [3.05, 3.63) is 59.4 Å². The molecule has 1 unspecified atom stereocenters. The number of piperazine rings is 1. The van der Waals surface area contributed by atoms with Gasteiger partial charge in [-0.05, 0) is 36.2 Å². The third kappa shape index (κ3) is 4.18. The number of benzene rings is 1. The minimum Gasteiger partial charge on any atom is -0.329 e. The Labute approximate surface area is 159 Å². The van der Waals surface area contributed by atoms with Gasteiger partial charge in [-0.3, -0.25) is 9.78 Å². The highest BCUT2D eigenvalue weighted by atomic mass is 32.2. The van der Waals surface area contributed by atoms with Crippen LogP contribution in [0.15, 0.2) is 47.6 Å². The molecule has 0 radical (unpaired) electrons. The van der Waals surface area contributed by atoms with Crippen LogP contribution in [-0.4, -0.2) is 50.4 Å². The van der Waals surface area contributed by atoms with E-state index in [4.69, 9.17) is 0 Å². The summed E-state index contributed by atoms with van der Waals surface area (Å²) < 4.78 is 27.1. The monoisotopic (exact) mass is 388 g/mol. The lowest BCUT2D eigenvalue weighted by Crippen LogP contribution is -2.48. The number of aromatic nitrogens is 1. The van der Waals surface area contributed by atoms with Crippen molar-refractivity contribution in [3.63, 3.8) is 0 Å². The summed E-state index contributed by atoms with van der Waals surface area (Å²) >= 11 is 0. The maximum atomic E-state index is 13.3. The first-order chi connectivity index (χ1) is 12.9. The van der Waals surface area contributed by atoms with Gasteiger partial charge in [0.15, 0.2) is 0 Å². The van der Waals surface area contributed by atoms with Crippen molar-refractivity contribution in [2.75, 3.05) is 26.2 Å². The van der Waals surface area contributed by atoms with Crippen molar-refractivity contribution < 1.29 is 13.2 Å². The predicted octanol–water partition coefficient (Wildman–Crippen LogP) is 1.47. The van der Waals surface area contributed by atoms with E-state index in [-0.39, 0.29) is 16.8 Å². The van der Waals surface area contributed by atoms with E-state index in [2.05, 4.69) is 15.0 Å². The molecule has 1 fully saturated rings. The number of pyridine rings is 1. The molecule has 0 spiro atoms. The first-order valence-corrected chi connectivity index (χ1v) is 10.4. The Morgan fingerprint density at radius 1 is 1.37 bits per heavy atom. The predicted molar refractivity (Wildman–Crippen MR) is 103 cm³/mol. The Kier molecular flexibility index (Phi) is 5.88. The second-order valence-electron chi connectivity index (χ2n) is 6.48. The molecule has 0 bridgehead atoms. The number of carbonyl (C=O) groups is 1. The summed E-state index contributed by atoms with van der Waals surface area (Å²) in [6, 6.07) is 8.33. The van der Waals surface area contributed by atoms with Crippen molar-refractivity contribution in [2.24, 2.45) is 0 Å². The Hall–Kier alpha value is -2.29. The number of rotatable bonds is 5. The fourth-order valence-corrected chi connectivity index (χ4v) is 4.31. The molecule has 0 saturated carbocycles. The molecule has 0 aliphatic carbocycles. The van der Waals surface area contributed by atoms with Crippen LogP contribution < -0.4 is 10.0 Å². The van der Waals surface area contributed by atoms with Crippen molar-refractivity contribution >= 4 is 15.9 Å². The fraction of sp³-hybridized carbons (Fsp3) is 0.368. The smallest absolute Gasteiger partial charge is 0.254 e. The normalized spacial score (nSPS) is 17.7. The van der Waals surface area contributed by atoms with Crippen LogP contribution in [0.1, 0.15) is 34.5 Å². The topological polar surface area (TPSA) is 91.4 Å². The minimum atomic E-state index is -3.62. The number of nitrogens with zero attached hydrogens (tertiary/aromatic N) is 2. The molecule has 2 heterocycles. The number of nitrogens with one attached hydrogen (secondary N) is 2. The second-order valence-corrected chi connectivity index (χ2v) is 8.25. The zero-order valence-corrected chi connectivity index (χ0v) is 16.3. The lowest BCUT2D eigenvalue weighted by Gasteiger charge is -2.36. The fourth-order valence-electron chi connectivity index (χ4n) is 3.25. The van der Waals surface area contributed by atoms with Crippen molar-refractivity contribution in [3.8, 4) is 0 Å². The van der Waals surface area contributed by atoms with Crippen molar-refractivity contribution in [1.29, 1.82) is 0 Å². The molecule has 1 aromatic carbocycles. The third-order valence-corrected chi connectivity index (χ3v) is 6.20. The van der Waals surface area contributed by atoms with E-state index in [0.717, 1.165) is 11.1 Å². The van der Waals surface area contributed by atoms with Gasteiger partial charge in [-0.2, -0.15) is 0 Å². The number of amides is 1. The summed E-state index contributed by atoms with van der Waals surface area (Å²) in [7, 11) is -3.62. The molecule has 1 amide bonds. The van der Waals surface area contributed by atoms with Gasteiger partial charge in [0.25, 0.3) is 5.91 Å². The molecule has 3 rings (SSSR count). The van der Waals surface area contributed by atoms with Crippen LogP contribution in [0.2, 0.25) is 0 Å². The first kappa shape index (κ1) is 19.5. The van der Waals surface area contributed by atoms with Gasteiger partial charge >= 0.3 is 0 Å². The minimum absolute atomic E-state index is 0.103. The number of sulfonamides is 1. The maximum absolute atomic E-state index is 13.3. The van der Waals surface area contributed by atoms with E-state index in [0.29, 0.717) is 31.7 Å². The lowest BCUT2D eigenvalue weighted by molar-refractivity contribution is 0.0633. The first-order valence-electron chi connectivity index (χ1n) is 8.96. The Morgan fingerprint density at radius 2 is 2.19 bits per heavy atom. The van der Waals surface area contributed by atoms with Crippen molar-refractivity contribution in [2.45, 2.75) is 24.8 Å². The van der Waals surface area contributed by atoms with Crippen molar-refractivity contribution in [1.82, 2.24) is 19.9 Å². The summed E-state index contributed by atoms with van der Waals surface area (Å²) in [5, 5.41) is 3.31. The standard InChI is InChI=1S/C19H24N4O3S/c1-3-22-27(25,26)16-7-6-14(2)17(11-16)19(24)23-10-9-21-13-18(23)15-5-4-8-20-12-15/h4-8,11-12,18,21-22H,3,9-10,13H2,1-2H3. The van der Waals surface area contributed by atoms with Crippen LogP contribution in [0, 0.1) is 6.92 Å². The van der Waals surface area contributed by atoms with Crippen LogP contribution in [0.3, 0.4) is 0 Å². The largest absolute Gasteiger partial charge is 0.329 e. The molecular formula is C19H24N4O3S. The average molecular weight is 388 g/mol. The highest BCUT2D eigenvalue weighted by Gasteiger charge is 2.30. The molecular weight excluding hydrogens is 364 g/mol. The zero-order valence-electron chi connectivity index (χ0n) is 15.5. The van der Waals surface area contributed by atoms with Gasteiger partial charge in [-0.15, -0.1) is 0 Å². The Morgan fingerprint density at radius 3 is 2.89 bits per heavy atom. The molecule has 1 aromatic heterocycles. The van der Waals surface area contributed by atoms with E-state index in [1.807, 2.05) is 19.1 Å². The lowest BCUT2D eigenvalue weighted by atomic mass is 10.0. The van der Waals surface area contributed by atoms with Gasteiger partial charge < -0.3 is 10.2 Å². The highest BCUT2D eigenvalue weighted by Crippen LogP contribution is 2.25. The SMILES string of the molecule is CCNS(=O)(=O)c1ccc(C)c(C(=O)N2CCNCC2c2cccnc2)c1. The maximum Gasteiger partial charge on any atom is 0.254 e. The molecule has 1 aliphatic heterocycles. The van der Waals surface area contributed by atoms with Crippen LogP contribution in [-0.2, 0) is 10.0 Å². The van der Waals surface area contributed by atoms with Gasteiger partial charge in [0, 0.05) is 44.1 Å². The molecule has 1 aliphatic rings. The van der Waals surface area contributed by atoms with Gasteiger partial charge in [0.05, 0.1) is 10.9 Å². The Balaban J connectivity index is 1.96. The highest BCUT2D eigenvalue weighted by molar-refractivity contribution is 7.89. The number of carbonyl (C=O) groups excluding carboxylic acids is 1. The summed E-state index contributed by atoms with van der Waals surface area (Å²) in [5.41, 5.74) is 2.11. The van der Waals surface area contributed by atoms with E-state index in [1.54, 1.807) is 30.3 Å². The van der Waals surface area contributed by atoms with E-state index in [9.17, 15) is 13.2 Å². The number of hydrogen-bond donors (Lipinski definition) is 2. The van der Waals surface area contributed by atoms with Gasteiger partial charge in [-0.25, -0.2) is 13.1 Å². The summed E-state index contributed by atoms with van der Waals surface area (Å²) in [6.07, 6.45) is 3.46. The van der Waals surface area contributed by atoms with Crippen LogP contribution in [0.25, 0.3) is 0 Å². The van der Waals surface area contributed by atoms with Crippen LogP contribution >= 0.6 is 0 Å². The van der Waals surface area contributed by atoms with E-state index < -0.39 is 10.0 Å². The molecule has 144 valence electrons. The summed E-state index contributed by atoms with van der Waals surface area (Å²) in [6.45, 7) is 5.69. The molecule has 1 saturated heterocycles. The summed E-state index contributed by atoms with van der Waals surface area (Å²) in [5.74, 6) is -0.170. The number of hydrogen-bond acceptors (Lipinski definition) is 5. The van der Waals surface area contributed by atoms with Crippen LogP contribution in [0.5, 0.6) is 0 Å². The Bertz CT molecular complexity index is 916. The zero-order chi connectivity index (χ0) is 19.4. The summed E-state index contributed by atoms with van der Waals surface area (Å²) in [4.78, 5) is 19.4. The molecule has 8 heteroatoms. The molecule has 2 N–H and O–H groups in total. The van der Waals surface area contributed by atoms with E-state index >= 15 is 0 Å². The van der Waals surface area contributed by atoms with Crippen LogP contribution in [0.4, 0.5) is 0 Å². The molecule has 7 nitrogen and oxygen atoms in total. The molecule has 1 atom stereocenters. The van der Waals surface area contributed by atoms with Gasteiger partial charge in [0.1, 0.15) is 0 Å². The van der Waals surface area contributed by atoms with E-state index in [1.165, 1.54) is 12.1 Å². The molecule has 2 aromatic rings. The second kappa shape index (κ2) is 8.16. The van der Waals surface area contributed by atoms with Gasteiger partial charge in [0.2, 0.25) is 10.0 Å². The third-order valence-electron chi connectivity index (χ3n) is 4.66. The number of aryl methyl sites for hydroxylation is 1. The van der Waals surface area contributed by atoms with Gasteiger partial charge in [-0.1, -0.05) is 19.1 Å². The average Bonchev–Trinajstić information content (AvgIpc) is 2.68. The quantitative estimate of drug-likeness (QED) is 0.809. The molecule has 27 heavy (non-hydrogen) atoms.